The highest BCUT2D eigenvalue weighted by atomic mass is 35.5. The van der Waals surface area contributed by atoms with Crippen LogP contribution in [0.1, 0.15) is 49.9 Å². The number of fused-ring (bicyclic) bond motifs is 1. The quantitative estimate of drug-likeness (QED) is 0.667. The summed E-state index contributed by atoms with van der Waals surface area (Å²) >= 11 is 5.99. The van der Waals surface area contributed by atoms with Gasteiger partial charge in [-0.2, -0.15) is 8.78 Å². The van der Waals surface area contributed by atoms with Gasteiger partial charge in [0.25, 0.3) is 5.91 Å². The van der Waals surface area contributed by atoms with Gasteiger partial charge in [-0.1, -0.05) is 11.6 Å². The molecule has 0 spiro atoms. The summed E-state index contributed by atoms with van der Waals surface area (Å²) in [5.74, 6) is -0.415. The number of rotatable bonds is 7. The van der Waals surface area contributed by atoms with Crippen molar-refractivity contribution in [2.45, 2.75) is 63.9 Å². The fraction of sp³-hybridized carbons (Fsp3) is 0.524. The maximum absolute atomic E-state index is 12.6. The van der Waals surface area contributed by atoms with Gasteiger partial charge in [-0.15, -0.1) is 0 Å². The molecule has 3 rings (SSSR count). The van der Waals surface area contributed by atoms with Crippen LogP contribution in [0.15, 0.2) is 24.4 Å². The molecule has 2 aromatic rings. The van der Waals surface area contributed by atoms with Gasteiger partial charge >= 0.3 is 6.61 Å². The molecule has 164 valence electrons. The largest absolute Gasteiger partial charge is 0.433 e. The first-order chi connectivity index (χ1) is 14.1. The molecule has 0 aliphatic heterocycles. The van der Waals surface area contributed by atoms with E-state index < -0.39 is 12.2 Å². The van der Waals surface area contributed by atoms with Gasteiger partial charge in [0, 0.05) is 23.7 Å². The van der Waals surface area contributed by atoms with Crippen LogP contribution in [0, 0.1) is 0 Å². The average Bonchev–Trinajstić information content (AvgIpc) is 2.66. The first-order valence-corrected chi connectivity index (χ1v) is 10.2. The van der Waals surface area contributed by atoms with E-state index in [0.717, 1.165) is 25.7 Å². The van der Waals surface area contributed by atoms with Crippen LogP contribution in [0.2, 0.25) is 5.02 Å². The van der Waals surface area contributed by atoms with Gasteiger partial charge < -0.3 is 19.9 Å². The van der Waals surface area contributed by atoms with E-state index in [1.807, 2.05) is 0 Å². The minimum absolute atomic E-state index is 0.0199. The van der Waals surface area contributed by atoms with E-state index in [4.69, 9.17) is 16.3 Å². The van der Waals surface area contributed by atoms with Crippen LogP contribution < -0.4 is 10.1 Å². The predicted octanol–water partition coefficient (Wildman–Crippen LogP) is 4.32. The smallest absolute Gasteiger partial charge is 0.387 e. The Morgan fingerprint density at radius 2 is 2.00 bits per heavy atom. The fourth-order valence-electron chi connectivity index (χ4n) is 3.40. The molecule has 1 heterocycles. The molecular weight excluding hydrogens is 418 g/mol. The highest BCUT2D eigenvalue weighted by molar-refractivity contribution is 6.32. The van der Waals surface area contributed by atoms with E-state index >= 15 is 0 Å². The third-order valence-corrected chi connectivity index (χ3v) is 5.19. The molecule has 0 saturated heterocycles. The van der Waals surface area contributed by atoms with Gasteiger partial charge in [-0.3, -0.25) is 9.78 Å². The summed E-state index contributed by atoms with van der Waals surface area (Å²) in [5, 5.41) is 13.3. The second kappa shape index (κ2) is 9.41. The topological polar surface area (TPSA) is 80.7 Å². The highest BCUT2D eigenvalue weighted by Crippen LogP contribution is 2.31. The molecule has 0 atom stereocenters. The number of pyridine rings is 1. The van der Waals surface area contributed by atoms with Crippen LogP contribution in [-0.2, 0) is 4.74 Å². The van der Waals surface area contributed by atoms with Crippen molar-refractivity contribution in [2.24, 2.45) is 0 Å². The summed E-state index contributed by atoms with van der Waals surface area (Å²) in [6.45, 7) is 0.706. The molecule has 30 heavy (non-hydrogen) atoms. The number of amides is 1. The van der Waals surface area contributed by atoms with E-state index in [0.29, 0.717) is 16.5 Å². The number of hydrogen-bond acceptors (Lipinski definition) is 5. The van der Waals surface area contributed by atoms with Crippen LogP contribution >= 0.6 is 11.6 Å². The number of halogens is 3. The lowest BCUT2D eigenvalue weighted by atomic mass is 9.92. The number of nitrogens with one attached hydrogen (secondary N) is 1. The summed E-state index contributed by atoms with van der Waals surface area (Å²) in [7, 11) is 0. The monoisotopic (exact) mass is 442 g/mol. The van der Waals surface area contributed by atoms with Crippen molar-refractivity contribution in [3.8, 4) is 5.75 Å². The summed E-state index contributed by atoms with van der Waals surface area (Å²) < 4.78 is 35.0. The highest BCUT2D eigenvalue weighted by Gasteiger charge is 2.25. The van der Waals surface area contributed by atoms with E-state index in [9.17, 15) is 18.7 Å². The maximum atomic E-state index is 12.6. The van der Waals surface area contributed by atoms with Gasteiger partial charge in [0.1, 0.15) is 5.75 Å². The minimum Gasteiger partial charge on any atom is -0.433 e. The van der Waals surface area contributed by atoms with Crippen LogP contribution in [0.5, 0.6) is 5.75 Å². The number of hydrogen-bond donors (Lipinski definition) is 2. The number of carbonyl (C=O) groups excluding carboxylic acids is 1. The van der Waals surface area contributed by atoms with E-state index in [-0.39, 0.29) is 35.4 Å². The third-order valence-electron chi connectivity index (χ3n) is 4.89. The lowest BCUT2D eigenvalue weighted by Crippen LogP contribution is -2.40. The van der Waals surface area contributed by atoms with Gasteiger partial charge in [-0.25, -0.2) is 0 Å². The molecule has 1 aliphatic carbocycles. The van der Waals surface area contributed by atoms with Crippen molar-refractivity contribution in [3.05, 3.63) is 35.0 Å². The molecule has 1 amide bonds. The number of alkyl halides is 2. The summed E-state index contributed by atoms with van der Waals surface area (Å²) in [4.78, 5) is 16.8. The lowest BCUT2D eigenvalue weighted by molar-refractivity contribution is -0.0640. The second-order valence-corrected chi connectivity index (χ2v) is 8.56. The molecule has 0 radical (unpaired) electrons. The number of aliphatic hydroxyl groups is 1. The fourth-order valence-corrected chi connectivity index (χ4v) is 3.62. The maximum Gasteiger partial charge on any atom is 0.387 e. The van der Waals surface area contributed by atoms with Gasteiger partial charge in [-0.05, 0) is 51.7 Å². The Bertz CT molecular complexity index is 896. The zero-order chi connectivity index (χ0) is 21.9. The molecule has 0 bridgehead atoms. The first kappa shape index (κ1) is 22.7. The van der Waals surface area contributed by atoms with Crippen LogP contribution in [-0.4, -0.2) is 47.0 Å². The zero-order valence-electron chi connectivity index (χ0n) is 16.8. The standard InChI is InChI=1S/C21H25ClF2N2O4/c1-21(2,28)11-29-15-5-3-14(4-6-15)26-19(27)13-7-12-8-16(22)18(30-20(23)24)9-17(12)25-10-13/h7-10,14-15,20,28H,3-6,11H2,1-2H3,(H,26,27)/t14-,15-. The minimum atomic E-state index is -2.99. The van der Waals surface area contributed by atoms with Crippen molar-refractivity contribution in [1.29, 1.82) is 0 Å². The van der Waals surface area contributed by atoms with Gasteiger partial charge in [0.05, 0.1) is 34.4 Å². The Morgan fingerprint density at radius 1 is 1.30 bits per heavy atom. The zero-order valence-corrected chi connectivity index (χ0v) is 17.6. The first-order valence-electron chi connectivity index (χ1n) is 9.80. The van der Waals surface area contributed by atoms with Crippen molar-refractivity contribution in [3.63, 3.8) is 0 Å². The number of ether oxygens (including phenoxy) is 2. The summed E-state index contributed by atoms with van der Waals surface area (Å²) in [5.41, 5.74) is -0.0961. The molecule has 2 N–H and O–H groups in total. The Morgan fingerprint density at radius 3 is 2.63 bits per heavy atom. The normalized spacial score (nSPS) is 19.8. The Hall–Kier alpha value is -2.03. The Balaban J connectivity index is 1.59. The third kappa shape index (κ3) is 6.23. The molecule has 6 nitrogen and oxygen atoms in total. The second-order valence-electron chi connectivity index (χ2n) is 8.15. The van der Waals surface area contributed by atoms with Crippen molar-refractivity contribution < 1.29 is 28.2 Å². The SMILES string of the molecule is CC(C)(O)CO[C@H]1CC[C@H](NC(=O)c2cnc3cc(OC(F)F)c(Cl)cc3c2)CC1. The lowest BCUT2D eigenvalue weighted by Gasteiger charge is -2.30. The van der Waals surface area contributed by atoms with E-state index in [1.165, 1.54) is 18.3 Å². The van der Waals surface area contributed by atoms with E-state index in [1.54, 1.807) is 19.9 Å². The summed E-state index contributed by atoms with van der Waals surface area (Å²) in [6.07, 6.45) is 4.65. The van der Waals surface area contributed by atoms with Crippen LogP contribution in [0.4, 0.5) is 8.78 Å². The molecule has 1 saturated carbocycles. The average molecular weight is 443 g/mol. The number of aromatic nitrogens is 1. The summed E-state index contributed by atoms with van der Waals surface area (Å²) in [6, 6.07) is 4.42. The number of nitrogens with zero attached hydrogens (tertiary/aromatic N) is 1. The van der Waals surface area contributed by atoms with Gasteiger partial charge in [0.2, 0.25) is 0 Å². The molecule has 0 unspecified atom stereocenters. The van der Waals surface area contributed by atoms with Crippen LogP contribution in [0.25, 0.3) is 10.9 Å². The predicted molar refractivity (Wildman–Crippen MR) is 109 cm³/mol. The van der Waals surface area contributed by atoms with Crippen molar-refractivity contribution >= 4 is 28.4 Å². The number of carbonyl (C=O) groups is 1. The van der Waals surface area contributed by atoms with Crippen molar-refractivity contribution in [2.75, 3.05) is 6.61 Å². The van der Waals surface area contributed by atoms with E-state index in [2.05, 4.69) is 15.0 Å². The number of benzene rings is 1. The molecular formula is C21H25ClF2N2O4. The Labute approximate surface area is 178 Å². The molecule has 1 aromatic carbocycles. The molecule has 1 aliphatic rings. The van der Waals surface area contributed by atoms with Gasteiger partial charge in [0.15, 0.2) is 0 Å². The molecule has 1 fully saturated rings. The van der Waals surface area contributed by atoms with Crippen LogP contribution in [0.3, 0.4) is 0 Å². The van der Waals surface area contributed by atoms with Crippen molar-refractivity contribution in [1.82, 2.24) is 10.3 Å². The Kier molecular flexibility index (Phi) is 7.10. The molecule has 9 heteroatoms. The molecule has 1 aromatic heterocycles.